The van der Waals surface area contributed by atoms with Gasteiger partial charge in [-0.25, -0.2) is 9.59 Å². The van der Waals surface area contributed by atoms with Crippen LogP contribution in [0, 0.1) is 0 Å². The molecule has 10 nitrogen and oxygen atoms in total. The normalized spacial score (nSPS) is 10.2. The zero-order valence-electron chi connectivity index (χ0n) is 14.4. The minimum absolute atomic E-state index is 0.0672. The Morgan fingerprint density at radius 1 is 0.875 bits per heavy atom. The highest BCUT2D eigenvalue weighted by Gasteiger charge is 2.14. The molecule has 0 saturated carbocycles. The van der Waals surface area contributed by atoms with E-state index in [1.807, 2.05) is 0 Å². The summed E-state index contributed by atoms with van der Waals surface area (Å²) in [6.07, 6.45) is -0.223. The summed E-state index contributed by atoms with van der Waals surface area (Å²) in [7, 11) is 4.08. The molecule has 0 unspecified atom stereocenters. The second-order valence-corrected chi connectivity index (χ2v) is 4.73. The monoisotopic (exact) mass is 349 g/mol. The molecule has 0 aromatic heterocycles. The number of carbonyl (C=O) groups is 3. The lowest BCUT2D eigenvalue weighted by molar-refractivity contribution is -0.127. The van der Waals surface area contributed by atoms with Crippen molar-refractivity contribution in [2.75, 3.05) is 54.2 Å². The Labute approximate surface area is 141 Å². The molecule has 0 aliphatic heterocycles. The molecule has 0 heterocycles. The third-order valence-corrected chi connectivity index (χ3v) is 2.87. The Bertz CT molecular complexity index is 359. The number of hydrogen-bond acceptors (Lipinski definition) is 7. The van der Waals surface area contributed by atoms with E-state index in [0.29, 0.717) is 13.2 Å². The van der Waals surface area contributed by atoms with E-state index < -0.39 is 18.3 Å². The molecule has 140 valence electrons. The molecular formula is C14H27N3O7. The van der Waals surface area contributed by atoms with E-state index in [1.165, 1.54) is 14.2 Å². The number of alkyl carbamates (subject to hydrolysis) is 2. The van der Waals surface area contributed by atoms with Crippen LogP contribution in [0.25, 0.3) is 0 Å². The maximum Gasteiger partial charge on any atom is 0.406 e. The van der Waals surface area contributed by atoms with Crippen LogP contribution in [0.1, 0.15) is 12.8 Å². The van der Waals surface area contributed by atoms with Crippen LogP contribution in [-0.4, -0.2) is 78.4 Å². The molecule has 10 heteroatoms. The van der Waals surface area contributed by atoms with Gasteiger partial charge in [-0.3, -0.25) is 4.79 Å². The minimum Gasteiger partial charge on any atom is -0.453 e. The van der Waals surface area contributed by atoms with Gasteiger partial charge in [-0.15, -0.1) is 0 Å². The maximum absolute atomic E-state index is 11.7. The van der Waals surface area contributed by atoms with Crippen LogP contribution in [0.3, 0.4) is 0 Å². The first-order valence-electron chi connectivity index (χ1n) is 7.54. The van der Waals surface area contributed by atoms with Crippen molar-refractivity contribution in [1.29, 1.82) is 0 Å². The molecule has 3 amide bonds. The maximum atomic E-state index is 11.7. The number of rotatable bonds is 12. The number of carbonyl (C=O) groups excluding carboxylic acids is 3. The van der Waals surface area contributed by atoms with Crippen molar-refractivity contribution >= 4 is 18.1 Å². The molecule has 0 aliphatic rings. The van der Waals surface area contributed by atoms with Crippen LogP contribution in [0.15, 0.2) is 0 Å². The van der Waals surface area contributed by atoms with Crippen LogP contribution < -0.4 is 16.0 Å². The first-order chi connectivity index (χ1) is 11.5. The van der Waals surface area contributed by atoms with E-state index in [0.717, 1.165) is 12.8 Å². The summed E-state index contributed by atoms with van der Waals surface area (Å²) in [6, 6.07) is 0. The lowest BCUT2D eigenvalue weighted by Gasteiger charge is -2.18. The zero-order valence-corrected chi connectivity index (χ0v) is 14.4. The quantitative estimate of drug-likeness (QED) is 0.410. The van der Waals surface area contributed by atoms with Gasteiger partial charge < -0.3 is 34.9 Å². The lowest BCUT2D eigenvalue weighted by atomic mass is 10.3. The molecular weight excluding hydrogens is 322 g/mol. The van der Waals surface area contributed by atoms with Crippen molar-refractivity contribution in [2.45, 2.75) is 18.9 Å². The first-order valence-corrected chi connectivity index (χ1v) is 7.54. The molecule has 0 atom stereocenters. The van der Waals surface area contributed by atoms with Gasteiger partial charge in [0, 0.05) is 33.4 Å². The van der Waals surface area contributed by atoms with Gasteiger partial charge in [0.2, 0.25) is 5.91 Å². The van der Waals surface area contributed by atoms with Crippen molar-refractivity contribution in [1.82, 2.24) is 16.0 Å². The highest BCUT2D eigenvalue weighted by atomic mass is 16.5. The molecule has 3 N–H and O–H groups in total. The SMILES string of the molecule is COCCCCNC(=O)COC(CNC(=O)OC)CNC(=O)OC. The predicted octanol–water partition coefficient (Wildman–Crippen LogP) is -0.374. The summed E-state index contributed by atoms with van der Waals surface area (Å²) in [6.45, 7) is 1.11. The van der Waals surface area contributed by atoms with Crippen LogP contribution in [-0.2, 0) is 23.7 Å². The second-order valence-electron chi connectivity index (χ2n) is 4.73. The highest BCUT2D eigenvalue weighted by Crippen LogP contribution is 1.92. The number of ether oxygens (including phenoxy) is 4. The van der Waals surface area contributed by atoms with Crippen LogP contribution in [0.4, 0.5) is 9.59 Å². The third kappa shape index (κ3) is 12.5. The van der Waals surface area contributed by atoms with Gasteiger partial charge >= 0.3 is 12.2 Å². The fourth-order valence-electron chi connectivity index (χ4n) is 1.57. The Morgan fingerprint density at radius 3 is 1.96 bits per heavy atom. The summed E-state index contributed by atoms with van der Waals surface area (Å²) >= 11 is 0. The summed E-state index contributed by atoms with van der Waals surface area (Å²) in [5.41, 5.74) is 0. The van der Waals surface area contributed by atoms with Crippen LogP contribution in [0.5, 0.6) is 0 Å². The van der Waals surface area contributed by atoms with Crippen LogP contribution in [0.2, 0.25) is 0 Å². The topological polar surface area (TPSA) is 124 Å². The predicted molar refractivity (Wildman–Crippen MR) is 84.7 cm³/mol. The Kier molecular flexibility index (Phi) is 13.3. The Morgan fingerprint density at radius 2 is 1.46 bits per heavy atom. The fourth-order valence-corrected chi connectivity index (χ4v) is 1.57. The number of hydrogen-bond donors (Lipinski definition) is 3. The van der Waals surface area contributed by atoms with Gasteiger partial charge in [-0.05, 0) is 12.8 Å². The molecule has 0 aromatic rings. The number of methoxy groups -OCH3 is 3. The zero-order chi connectivity index (χ0) is 18.2. The smallest absolute Gasteiger partial charge is 0.406 e. The first kappa shape index (κ1) is 21.9. The number of nitrogens with one attached hydrogen (secondary N) is 3. The average molecular weight is 349 g/mol. The van der Waals surface area contributed by atoms with Gasteiger partial charge in [-0.1, -0.05) is 0 Å². The second kappa shape index (κ2) is 14.5. The Hall–Kier alpha value is -2.07. The van der Waals surface area contributed by atoms with Gasteiger partial charge in [0.1, 0.15) is 6.61 Å². The average Bonchev–Trinajstić information content (AvgIpc) is 2.59. The van der Waals surface area contributed by atoms with Crippen molar-refractivity contribution in [3.63, 3.8) is 0 Å². The van der Waals surface area contributed by atoms with Crippen molar-refractivity contribution in [3.05, 3.63) is 0 Å². The molecule has 0 fully saturated rings. The molecule has 0 aliphatic carbocycles. The number of amides is 3. The number of unbranched alkanes of at least 4 members (excludes halogenated alkanes) is 1. The summed E-state index contributed by atoms with van der Waals surface area (Å²) in [4.78, 5) is 33.8. The van der Waals surface area contributed by atoms with Gasteiger partial charge in [0.05, 0.1) is 20.3 Å². The third-order valence-electron chi connectivity index (χ3n) is 2.87. The van der Waals surface area contributed by atoms with Gasteiger partial charge in [-0.2, -0.15) is 0 Å². The minimum atomic E-state index is -0.635. The van der Waals surface area contributed by atoms with E-state index >= 15 is 0 Å². The van der Waals surface area contributed by atoms with E-state index in [9.17, 15) is 14.4 Å². The van der Waals surface area contributed by atoms with Crippen molar-refractivity contribution < 1.29 is 33.3 Å². The molecule has 0 bridgehead atoms. The molecule has 24 heavy (non-hydrogen) atoms. The van der Waals surface area contributed by atoms with Crippen LogP contribution >= 0.6 is 0 Å². The van der Waals surface area contributed by atoms with Crippen molar-refractivity contribution in [2.24, 2.45) is 0 Å². The lowest BCUT2D eigenvalue weighted by Crippen LogP contribution is -2.43. The van der Waals surface area contributed by atoms with Gasteiger partial charge in [0.15, 0.2) is 0 Å². The fraction of sp³-hybridized carbons (Fsp3) is 0.786. The van der Waals surface area contributed by atoms with E-state index in [2.05, 4.69) is 25.4 Å². The van der Waals surface area contributed by atoms with E-state index in [4.69, 9.17) is 9.47 Å². The van der Waals surface area contributed by atoms with Gasteiger partial charge in [0.25, 0.3) is 0 Å². The Balaban J connectivity index is 4.10. The van der Waals surface area contributed by atoms with E-state index in [1.54, 1.807) is 7.11 Å². The summed E-state index contributed by atoms with van der Waals surface area (Å²) in [5, 5.41) is 7.59. The highest BCUT2D eigenvalue weighted by molar-refractivity contribution is 5.77. The molecule has 0 saturated heterocycles. The standard InChI is InChI=1S/C14H27N3O7/c1-21-7-5-4-6-15-12(18)10-24-11(8-16-13(19)22-2)9-17-14(20)23-3/h11H,4-10H2,1-3H3,(H,15,18)(H,16,19)(H,17,20). The molecule has 0 rings (SSSR count). The summed E-state index contributed by atoms with van der Waals surface area (Å²) < 4.78 is 19.2. The molecule has 0 aromatic carbocycles. The largest absolute Gasteiger partial charge is 0.453 e. The molecule has 0 spiro atoms. The van der Waals surface area contributed by atoms with E-state index in [-0.39, 0.29) is 25.6 Å². The van der Waals surface area contributed by atoms with Crippen molar-refractivity contribution in [3.8, 4) is 0 Å². The summed E-state index contributed by atoms with van der Waals surface area (Å²) in [5.74, 6) is -0.284. The molecule has 0 radical (unpaired) electrons.